The fraction of sp³-hybridized carbons (Fsp3) is 0.643. The topological polar surface area (TPSA) is 19.4 Å². The van der Waals surface area contributed by atoms with Crippen LogP contribution < -0.4 is 4.90 Å². The van der Waals surface area contributed by atoms with Gasteiger partial charge < -0.3 is 4.90 Å². The third-order valence-electron chi connectivity index (χ3n) is 3.94. The number of hydrogen-bond donors (Lipinski definition) is 0. The van der Waals surface area contributed by atoms with Crippen LogP contribution in [0.15, 0.2) is 12.3 Å². The average molecular weight is 266 g/mol. The van der Waals surface area contributed by atoms with Crippen molar-refractivity contribution in [1.82, 2.24) is 9.88 Å². The number of hydrogen-bond acceptors (Lipinski definition) is 3. The van der Waals surface area contributed by atoms with Gasteiger partial charge in [0, 0.05) is 44.3 Å². The van der Waals surface area contributed by atoms with E-state index in [1.54, 1.807) is 0 Å². The van der Waals surface area contributed by atoms with Gasteiger partial charge >= 0.3 is 0 Å². The Morgan fingerprint density at radius 2 is 2.00 bits per heavy atom. The van der Waals surface area contributed by atoms with E-state index in [-0.39, 0.29) is 0 Å². The second-order valence-corrected chi connectivity index (χ2v) is 5.64. The Hall–Kier alpha value is -0.800. The molecule has 18 heavy (non-hydrogen) atoms. The first-order valence-corrected chi connectivity index (χ1v) is 7.32. The molecule has 2 aliphatic rings. The SMILES string of the molecule is Cc1cc(CCl)cnc1N1CCN(C2CC2)CC1. The lowest BCUT2D eigenvalue weighted by molar-refractivity contribution is 0.247. The fourth-order valence-corrected chi connectivity index (χ4v) is 2.91. The van der Waals surface area contributed by atoms with Crippen LogP contribution >= 0.6 is 11.6 Å². The number of nitrogens with zero attached hydrogens (tertiary/aromatic N) is 3. The molecule has 0 aromatic carbocycles. The second kappa shape index (κ2) is 5.06. The van der Waals surface area contributed by atoms with E-state index in [1.807, 2.05) is 6.20 Å². The Labute approximate surface area is 114 Å². The highest BCUT2D eigenvalue weighted by atomic mass is 35.5. The number of aromatic nitrogens is 1. The van der Waals surface area contributed by atoms with Gasteiger partial charge in [-0.05, 0) is 37.0 Å². The van der Waals surface area contributed by atoms with Gasteiger partial charge in [-0.1, -0.05) is 0 Å². The predicted molar refractivity (Wildman–Crippen MR) is 75.3 cm³/mol. The first-order valence-electron chi connectivity index (χ1n) is 6.78. The quantitative estimate of drug-likeness (QED) is 0.783. The highest BCUT2D eigenvalue weighted by Crippen LogP contribution is 2.28. The number of pyridine rings is 1. The first-order chi connectivity index (χ1) is 8.78. The standard InChI is InChI=1S/C14H20ClN3/c1-11-8-12(9-15)10-16-14(11)18-6-4-17(5-7-18)13-2-3-13/h8,10,13H,2-7,9H2,1H3. The highest BCUT2D eigenvalue weighted by Gasteiger charge is 2.31. The molecule has 0 atom stereocenters. The Kier molecular flexibility index (Phi) is 3.44. The lowest BCUT2D eigenvalue weighted by Crippen LogP contribution is -2.47. The van der Waals surface area contributed by atoms with Crippen LogP contribution in [0.5, 0.6) is 0 Å². The molecule has 0 amide bonds. The number of piperazine rings is 1. The molecule has 1 saturated heterocycles. The van der Waals surface area contributed by atoms with E-state index in [0.29, 0.717) is 5.88 Å². The van der Waals surface area contributed by atoms with E-state index in [4.69, 9.17) is 11.6 Å². The molecule has 3 nitrogen and oxygen atoms in total. The molecule has 2 fully saturated rings. The molecule has 0 spiro atoms. The summed E-state index contributed by atoms with van der Waals surface area (Å²) in [5, 5.41) is 0. The van der Waals surface area contributed by atoms with Gasteiger partial charge in [0.15, 0.2) is 0 Å². The summed E-state index contributed by atoms with van der Waals surface area (Å²) in [7, 11) is 0. The van der Waals surface area contributed by atoms with E-state index in [9.17, 15) is 0 Å². The normalized spacial score (nSPS) is 21.3. The molecular formula is C14H20ClN3. The number of rotatable bonds is 3. The summed E-state index contributed by atoms with van der Waals surface area (Å²) in [6.07, 6.45) is 4.71. The molecule has 4 heteroatoms. The second-order valence-electron chi connectivity index (χ2n) is 5.37. The van der Waals surface area contributed by atoms with Crippen LogP contribution in [-0.4, -0.2) is 42.1 Å². The molecule has 1 aromatic heterocycles. The molecule has 1 aliphatic carbocycles. The summed E-state index contributed by atoms with van der Waals surface area (Å²) >= 11 is 5.84. The monoisotopic (exact) mass is 265 g/mol. The van der Waals surface area contributed by atoms with Crippen molar-refractivity contribution in [3.63, 3.8) is 0 Å². The predicted octanol–water partition coefficient (Wildman–Crippen LogP) is 2.41. The van der Waals surface area contributed by atoms with Gasteiger partial charge in [-0.15, -0.1) is 11.6 Å². The Morgan fingerprint density at radius 3 is 2.56 bits per heavy atom. The minimum absolute atomic E-state index is 0.545. The van der Waals surface area contributed by atoms with Crippen LogP contribution in [0.2, 0.25) is 0 Å². The van der Waals surface area contributed by atoms with Crippen LogP contribution in [0.3, 0.4) is 0 Å². The minimum Gasteiger partial charge on any atom is -0.354 e. The number of anilines is 1. The van der Waals surface area contributed by atoms with Crippen molar-refractivity contribution in [3.05, 3.63) is 23.4 Å². The molecule has 1 aromatic rings. The zero-order valence-corrected chi connectivity index (χ0v) is 11.7. The molecule has 2 heterocycles. The number of halogens is 1. The van der Waals surface area contributed by atoms with Crippen LogP contribution in [0, 0.1) is 6.92 Å². The maximum Gasteiger partial charge on any atom is 0.131 e. The summed E-state index contributed by atoms with van der Waals surface area (Å²) in [6.45, 7) is 6.70. The fourth-order valence-electron chi connectivity index (χ4n) is 2.77. The van der Waals surface area contributed by atoms with Crippen LogP contribution in [0.25, 0.3) is 0 Å². The molecule has 98 valence electrons. The lowest BCUT2D eigenvalue weighted by Gasteiger charge is -2.36. The summed E-state index contributed by atoms with van der Waals surface area (Å²) in [5.74, 6) is 1.68. The molecule has 1 saturated carbocycles. The van der Waals surface area contributed by atoms with E-state index in [0.717, 1.165) is 30.5 Å². The van der Waals surface area contributed by atoms with Crippen LogP contribution in [0.4, 0.5) is 5.82 Å². The maximum absolute atomic E-state index is 5.84. The van der Waals surface area contributed by atoms with Gasteiger partial charge in [0.2, 0.25) is 0 Å². The third kappa shape index (κ3) is 2.47. The van der Waals surface area contributed by atoms with Gasteiger partial charge in [0.25, 0.3) is 0 Å². The highest BCUT2D eigenvalue weighted by molar-refractivity contribution is 6.17. The van der Waals surface area contributed by atoms with Crippen molar-refractivity contribution in [3.8, 4) is 0 Å². The largest absolute Gasteiger partial charge is 0.354 e. The summed E-state index contributed by atoms with van der Waals surface area (Å²) < 4.78 is 0. The summed E-state index contributed by atoms with van der Waals surface area (Å²) in [6, 6.07) is 3.04. The van der Waals surface area contributed by atoms with Crippen molar-refractivity contribution < 1.29 is 0 Å². The molecule has 0 N–H and O–H groups in total. The zero-order chi connectivity index (χ0) is 12.5. The Bertz CT molecular complexity index is 423. The minimum atomic E-state index is 0.545. The zero-order valence-electron chi connectivity index (χ0n) is 10.9. The summed E-state index contributed by atoms with van der Waals surface area (Å²) in [5.41, 5.74) is 2.35. The molecule has 0 bridgehead atoms. The van der Waals surface area contributed by atoms with Crippen molar-refractivity contribution >= 4 is 17.4 Å². The summed E-state index contributed by atoms with van der Waals surface area (Å²) in [4.78, 5) is 9.61. The van der Waals surface area contributed by atoms with Crippen LogP contribution in [0.1, 0.15) is 24.0 Å². The van der Waals surface area contributed by atoms with Crippen molar-refractivity contribution in [2.45, 2.75) is 31.7 Å². The van der Waals surface area contributed by atoms with Crippen molar-refractivity contribution in [2.75, 3.05) is 31.1 Å². The molecule has 0 radical (unpaired) electrons. The number of aryl methyl sites for hydroxylation is 1. The van der Waals surface area contributed by atoms with Gasteiger partial charge in [0.1, 0.15) is 5.82 Å². The average Bonchev–Trinajstić information content (AvgIpc) is 3.23. The maximum atomic E-state index is 5.84. The van der Waals surface area contributed by atoms with Gasteiger partial charge in [-0.2, -0.15) is 0 Å². The van der Waals surface area contributed by atoms with E-state index in [2.05, 4.69) is 27.8 Å². The van der Waals surface area contributed by atoms with Crippen LogP contribution in [-0.2, 0) is 5.88 Å². The van der Waals surface area contributed by atoms with Gasteiger partial charge in [0.05, 0.1) is 0 Å². The molecule has 0 unspecified atom stereocenters. The lowest BCUT2D eigenvalue weighted by atomic mass is 10.2. The van der Waals surface area contributed by atoms with Crippen molar-refractivity contribution in [2.24, 2.45) is 0 Å². The first kappa shape index (κ1) is 12.2. The Morgan fingerprint density at radius 1 is 1.28 bits per heavy atom. The smallest absolute Gasteiger partial charge is 0.131 e. The third-order valence-corrected chi connectivity index (χ3v) is 4.25. The van der Waals surface area contributed by atoms with Gasteiger partial charge in [-0.25, -0.2) is 4.98 Å². The molecular weight excluding hydrogens is 246 g/mol. The van der Waals surface area contributed by atoms with E-state index < -0.39 is 0 Å². The molecule has 1 aliphatic heterocycles. The Balaban J connectivity index is 1.68. The van der Waals surface area contributed by atoms with E-state index in [1.165, 1.54) is 31.5 Å². The number of alkyl halides is 1. The van der Waals surface area contributed by atoms with Crippen molar-refractivity contribution in [1.29, 1.82) is 0 Å². The van der Waals surface area contributed by atoms with E-state index >= 15 is 0 Å². The van der Waals surface area contributed by atoms with Gasteiger partial charge in [-0.3, -0.25) is 4.90 Å². The molecule has 3 rings (SSSR count).